The van der Waals surface area contributed by atoms with Gasteiger partial charge in [-0.1, -0.05) is 6.92 Å². The van der Waals surface area contributed by atoms with Crippen LogP contribution in [-0.2, 0) is 10.9 Å². The normalized spacial score (nSPS) is 13.4. The van der Waals surface area contributed by atoms with E-state index in [1.807, 2.05) is 6.92 Å². The molecule has 1 unspecified atom stereocenters. The van der Waals surface area contributed by atoms with Crippen LogP contribution in [0, 0.1) is 5.82 Å². The Labute approximate surface area is 103 Å². The Bertz CT molecular complexity index is 392. The minimum absolute atomic E-state index is 0.110. The summed E-state index contributed by atoms with van der Waals surface area (Å²) in [6.45, 7) is 2.25. The Morgan fingerprint density at radius 3 is 2.50 bits per heavy atom. The topological polar surface area (TPSA) is 21.3 Å². The zero-order chi connectivity index (χ0) is 13.8. The van der Waals surface area contributed by atoms with Crippen molar-refractivity contribution >= 4 is 5.69 Å². The van der Waals surface area contributed by atoms with Gasteiger partial charge in [-0.3, -0.25) is 0 Å². The summed E-state index contributed by atoms with van der Waals surface area (Å²) in [5.74, 6) is -1.27. The van der Waals surface area contributed by atoms with E-state index in [9.17, 15) is 17.6 Å². The molecule has 1 N–H and O–H groups in total. The van der Waals surface area contributed by atoms with Gasteiger partial charge >= 0.3 is 6.18 Å². The van der Waals surface area contributed by atoms with Crippen molar-refractivity contribution in [2.24, 2.45) is 0 Å². The van der Waals surface area contributed by atoms with Crippen molar-refractivity contribution in [3.8, 4) is 0 Å². The maximum absolute atomic E-state index is 13.1. The predicted molar refractivity (Wildman–Crippen MR) is 61.0 cm³/mol. The summed E-state index contributed by atoms with van der Waals surface area (Å²) < 4.78 is 55.5. The molecular formula is C12H15F4NO. The van der Waals surface area contributed by atoms with Gasteiger partial charge in [-0.15, -0.1) is 0 Å². The zero-order valence-electron chi connectivity index (χ0n) is 10.1. The molecule has 0 bridgehead atoms. The van der Waals surface area contributed by atoms with Crippen molar-refractivity contribution in [3.05, 3.63) is 29.6 Å². The fraction of sp³-hybridized carbons (Fsp3) is 0.500. The molecule has 102 valence electrons. The summed E-state index contributed by atoms with van der Waals surface area (Å²) in [4.78, 5) is 0. The molecule has 0 aliphatic rings. The van der Waals surface area contributed by atoms with E-state index in [2.05, 4.69) is 5.32 Å². The first-order chi connectivity index (χ1) is 8.38. The number of halogens is 4. The molecule has 18 heavy (non-hydrogen) atoms. The van der Waals surface area contributed by atoms with Crippen LogP contribution in [0.5, 0.6) is 0 Å². The van der Waals surface area contributed by atoms with Gasteiger partial charge in [-0.2, -0.15) is 13.2 Å². The van der Waals surface area contributed by atoms with Crippen molar-refractivity contribution in [1.29, 1.82) is 0 Å². The lowest BCUT2D eigenvalue weighted by atomic mass is 10.1. The molecule has 1 atom stereocenters. The first-order valence-corrected chi connectivity index (χ1v) is 5.50. The molecule has 0 spiro atoms. The predicted octanol–water partition coefficient (Wildman–Crippen LogP) is 3.68. The minimum Gasteiger partial charge on any atom is -0.383 e. The van der Waals surface area contributed by atoms with Gasteiger partial charge in [-0.25, -0.2) is 4.39 Å². The van der Waals surface area contributed by atoms with Crippen LogP contribution >= 0.6 is 0 Å². The smallest absolute Gasteiger partial charge is 0.383 e. The number of rotatable bonds is 5. The summed E-state index contributed by atoms with van der Waals surface area (Å²) in [5, 5.41) is 2.88. The van der Waals surface area contributed by atoms with E-state index in [-0.39, 0.29) is 11.7 Å². The van der Waals surface area contributed by atoms with Gasteiger partial charge < -0.3 is 10.1 Å². The van der Waals surface area contributed by atoms with Crippen LogP contribution in [0.2, 0.25) is 0 Å². The van der Waals surface area contributed by atoms with Gasteiger partial charge in [0.15, 0.2) is 0 Å². The van der Waals surface area contributed by atoms with E-state index < -0.39 is 17.6 Å². The monoisotopic (exact) mass is 265 g/mol. The van der Waals surface area contributed by atoms with Crippen molar-refractivity contribution < 1.29 is 22.3 Å². The lowest BCUT2D eigenvalue weighted by Crippen LogP contribution is -2.24. The van der Waals surface area contributed by atoms with Crippen LogP contribution in [0.25, 0.3) is 0 Å². The van der Waals surface area contributed by atoms with E-state index in [4.69, 9.17) is 4.74 Å². The Morgan fingerprint density at radius 2 is 2.00 bits per heavy atom. The molecule has 6 heteroatoms. The first kappa shape index (κ1) is 14.8. The number of ether oxygens (including phenoxy) is 1. The molecule has 0 aromatic heterocycles. The molecule has 1 aromatic rings. The summed E-state index contributed by atoms with van der Waals surface area (Å²) in [7, 11) is 1.51. The first-order valence-electron chi connectivity index (χ1n) is 5.50. The average molecular weight is 265 g/mol. The molecule has 1 aromatic carbocycles. The molecule has 0 radical (unpaired) electrons. The Hall–Kier alpha value is -1.30. The highest BCUT2D eigenvalue weighted by Crippen LogP contribution is 2.33. The third-order valence-electron chi connectivity index (χ3n) is 2.50. The Kier molecular flexibility index (Phi) is 4.95. The quantitative estimate of drug-likeness (QED) is 0.820. The number of benzene rings is 1. The number of alkyl halides is 3. The SMILES string of the molecule is CCC(COC)Nc1ccc(F)c(C(F)(F)F)c1. The van der Waals surface area contributed by atoms with Gasteiger partial charge in [0.1, 0.15) is 5.82 Å². The average Bonchev–Trinajstić information content (AvgIpc) is 2.29. The zero-order valence-corrected chi connectivity index (χ0v) is 10.1. The number of anilines is 1. The molecule has 2 nitrogen and oxygen atoms in total. The molecular weight excluding hydrogens is 250 g/mol. The van der Waals surface area contributed by atoms with Gasteiger partial charge in [0.25, 0.3) is 0 Å². The Morgan fingerprint density at radius 1 is 1.33 bits per heavy atom. The Balaban J connectivity index is 2.91. The summed E-state index contributed by atoms with van der Waals surface area (Å²) in [6.07, 6.45) is -4.00. The lowest BCUT2D eigenvalue weighted by molar-refractivity contribution is -0.139. The highest BCUT2D eigenvalue weighted by Gasteiger charge is 2.34. The molecule has 0 saturated carbocycles. The molecule has 1 rings (SSSR count). The van der Waals surface area contributed by atoms with Crippen LogP contribution < -0.4 is 5.32 Å². The molecule has 0 aliphatic heterocycles. The number of hydrogen-bond donors (Lipinski definition) is 1. The summed E-state index contributed by atoms with van der Waals surface area (Å²) in [6, 6.07) is 2.75. The van der Waals surface area contributed by atoms with Crippen LogP contribution in [0.15, 0.2) is 18.2 Å². The van der Waals surface area contributed by atoms with E-state index in [0.29, 0.717) is 13.0 Å². The van der Waals surface area contributed by atoms with Gasteiger partial charge in [0.2, 0.25) is 0 Å². The van der Waals surface area contributed by atoms with E-state index in [0.717, 1.165) is 12.1 Å². The standard InChI is InChI=1S/C12H15F4NO/c1-3-8(7-18-2)17-9-4-5-11(13)10(6-9)12(14,15)16/h4-6,8,17H,3,7H2,1-2H3. The van der Waals surface area contributed by atoms with Crippen LogP contribution in [0.3, 0.4) is 0 Å². The third kappa shape index (κ3) is 3.87. The van der Waals surface area contributed by atoms with Gasteiger partial charge in [0.05, 0.1) is 12.2 Å². The van der Waals surface area contributed by atoms with Crippen LogP contribution in [0.1, 0.15) is 18.9 Å². The highest BCUT2D eigenvalue weighted by atomic mass is 19.4. The fourth-order valence-corrected chi connectivity index (χ4v) is 1.53. The minimum atomic E-state index is -4.69. The van der Waals surface area contributed by atoms with E-state index in [1.54, 1.807) is 0 Å². The second-order valence-electron chi connectivity index (χ2n) is 3.90. The molecule has 0 fully saturated rings. The maximum Gasteiger partial charge on any atom is 0.419 e. The fourth-order valence-electron chi connectivity index (χ4n) is 1.53. The van der Waals surface area contributed by atoms with Crippen molar-refractivity contribution in [2.75, 3.05) is 19.0 Å². The van der Waals surface area contributed by atoms with E-state index in [1.165, 1.54) is 13.2 Å². The number of hydrogen-bond acceptors (Lipinski definition) is 2. The largest absolute Gasteiger partial charge is 0.419 e. The van der Waals surface area contributed by atoms with Crippen molar-refractivity contribution in [2.45, 2.75) is 25.6 Å². The van der Waals surface area contributed by atoms with Crippen molar-refractivity contribution in [3.63, 3.8) is 0 Å². The second kappa shape index (κ2) is 6.04. The lowest BCUT2D eigenvalue weighted by Gasteiger charge is -2.18. The van der Waals surface area contributed by atoms with E-state index >= 15 is 0 Å². The molecule has 0 amide bonds. The molecule has 0 saturated heterocycles. The molecule has 0 aliphatic carbocycles. The summed E-state index contributed by atoms with van der Waals surface area (Å²) in [5.41, 5.74) is -1.03. The maximum atomic E-state index is 13.1. The van der Waals surface area contributed by atoms with Crippen LogP contribution in [-0.4, -0.2) is 19.8 Å². The van der Waals surface area contributed by atoms with Gasteiger partial charge in [-0.05, 0) is 24.6 Å². The number of methoxy groups -OCH3 is 1. The highest BCUT2D eigenvalue weighted by molar-refractivity contribution is 5.47. The number of nitrogens with one attached hydrogen (secondary N) is 1. The van der Waals surface area contributed by atoms with Crippen molar-refractivity contribution in [1.82, 2.24) is 0 Å². The van der Waals surface area contributed by atoms with Crippen LogP contribution in [0.4, 0.5) is 23.2 Å². The molecule has 0 heterocycles. The third-order valence-corrected chi connectivity index (χ3v) is 2.50. The second-order valence-corrected chi connectivity index (χ2v) is 3.90. The van der Waals surface area contributed by atoms with Gasteiger partial charge in [0, 0.05) is 18.8 Å². The summed E-state index contributed by atoms with van der Waals surface area (Å²) >= 11 is 0.